The molecular formula is C12H21ClN4O. The Hall–Kier alpha value is -1.07. The molecule has 1 fully saturated rings. The molecule has 6 heteroatoms. The molecule has 1 aliphatic heterocycles. The maximum Gasteiger partial charge on any atom is 0.237 e. The molecule has 2 heterocycles. The van der Waals surface area contributed by atoms with Crippen molar-refractivity contribution in [1.82, 2.24) is 20.4 Å². The van der Waals surface area contributed by atoms with E-state index in [4.69, 9.17) is 0 Å². The van der Waals surface area contributed by atoms with E-state index in [1.165, 1.54) is 0 Å². The Morgan fingerprint density at radius 3 is 2.78 bits per heavy atom. The van der Waals surface area contributed by atoms with Gasteiger partial charge in [0.05, 0.1) is 11.7 Å². The molecule has 5 nitrogen and oxygen atoms in total. The average Bonchev–Trinajstić information content (AvgIpc) is 2.88. The minimum Gasteiger partial charge on any atom is -0.351 e. The molecule has 0 radical (unpaired) electrons. The lowest BCUT2D eigenvalue weighted by Gasteiger charge is -2.11. The van der Waals surface area contributed by atoms with Crippen LogP contribution >= 0.6 is 12.4 Å². The van der Waals surface area contributed by atoms with Crippen molar-refractivity contribution in [2.24, 2.45) is 7.05 Å². The lowest BCUT2D eigenvalue weighted by Crippen LogP contribution is -2.40. The van der Waals surface area contributed by atoms with Gasteiger partial charge >= 0.3 is 0 Å². The monoisotopic (exact) mass is 272 g/mol. The smallest absolute Gasteiger partial charge is 0.237 e. The van der Waals surface area contributed by atoms with Gasteiger partial charge in [-0.15, -0.1) is 12.4 Å². The van der Waals surface area contributed by atoms with E-state index in [0.717, 1.165) is 36.3 Å². The SMILES string of the molecule is Cc1nn(C)c(C)c1CNC(=O)[C@@H]1CCCN1.Cl. The lowest BCUT2D eigenvalue weighted by atomic mass is 10.2. The van der Waals surface area contributed by atoms with Crippen molar-refractivity contribution in [2.75, 3.05) is 6.54 Å². The van der Waals surface area contributed by atoms with Gasteiger partial charge in [-0.1, -0.05) is 0 Å². The van der Waals surface area contributed by atoms with Crippen LogP contribution < -0.4 is 10.6 Å². The first-order valence-corrected chi connectivity index (χ1v) is 6.09. The number of nitrogens with zero attached hydrogens (tertiary/aromatic N) is 2. The number of carbonyl (C=O) groups excluding carboxylic acids is 1. The van der Waals surface area contributed by atoms with Crippen LogP contribution in [0.5, 0.6) is 0 Å². The third-order valence-corrected chi connectivity index (χ3v) is 3.48. The van der Waals surface area contributed by atoms with Gasteiger partial charge in [0, 0.05) is 24.8 Å². The molecule has 2 rings (SSSR count). The van der Waals surface area contributed by atoms with Gasteiger partial charge in [0.25, 0.3) is 0 Å². The minimum atomic E-state index is -0.00714. The maximum atomic E-state index is 11.8. The van der Waals surface area contributed by atoms with Gasteiger partial charge in [-0.05, 0) is 33.2 Å². The standard InChI is InChI=1S/C12H20N4O.ClH/c1-8-10(9(2)16(3)15-8)7-14-12(17)11-5-4-6-13-11;/h11,13H,4-7H2,1-3H3,(H,14,17);1H/t11-;/m0./s1. The summed E-state index contributed by atoms with van der Waals surface area (Å²) in [6.45, 7) is 5.52. The number of aryl methyl sites for hydroxylation is 2. The molecule has 18 heavy (non-hydrogen) atoms. The highest BCUT2D eigenvalue weighted by molar-refractivity contribution is 5.85. The van der Waals surface area contributed by atoms with Crippen molar-refractivity contribution < 1.29 is 4.79 Å². The van der Waals surface area contributed by atoms with Crippen molar-refractivity contribution in [3.05, 3.63) is 17.0 Å². The molecule has 0 spiro atoms. The van der Waals surface area contributed by atoms with E-state index in [2.05, 4.69) is 15.7 Å². The number of carbonyl (C=O) groups is 1. The van der Waals surface area contributed by atoms with Crippen LogP contribution in [-0.2, 0) is 18.4 Å². The summed E-state index contributed by atoms with van der Waals surface area (Å²) in [5, 5.41) is 10.5. The van der Waals surface area contributed by atoms with Crippen LogP contribution in [0, 0.1) is 13.8 Å². The molecule has 1 amide bonds. The quantitative estimate of drug-likeness (QED) is 0.857. The highest BCUT2D eigenvalue weighted by Gasteiger charge is 2.22. The first-order chi connectivity index (χ1) is 8.09. The number of amides is 1. The van der Waals surface area contributed by atoms with Gasteiger partial charge < -0.3 is 10.6 Å². The molecule has 1 atom stereocenters. The van der Waals surface area contributed by atoms with E-state index < -0.39 is 0 Å². The predicted octanol–water partition coefficient (Wildman–Crippen LogP) is 0.827. The van der Waals surface area contributed by atoms with Crippen LogP contribution in [0.2, 0.25) is 0 Å². The molecule has 0 aromatic carbocycles. The fourth-order valence-electron chi connectivity index (χ4n) is 2.28. The molecule has 1 aromatic rings. The molecule has 0 bridgehead atoms. The third-order valence-electron chi connectivity index (χ3n) is 3.48. The average molecular weight is 273 g/mol. The number of aromatic nitrogens is 2. The summed E-state index contributed by atoms with van der Waals surface area (Å²) in [5.41, 5.74) is 3.23. The Bertz CT molecular complexity index is 424. The Morgan fingerprint density at radius 1 is 1.56 bits per heavy atom. The molecule has 0 saturated carbocycles. The van der Waals surface area contributed by atoms with Crippen LogP contribution in [0.1, 0.15) is 29.8 Å². The summed E-state index contributed by atoms with van der Waals surface area (Å²) in [5.74, 6) is 0.102. The van der Waals surface area contributed by atoms with Gasteiger partial charge in [0.1, 0.15) is 0 Å². The third kappa shape index (κ3) is 3.03. The van der Waals surface area contributed by atoms with Crippen molar-refractivity contribution in [3.8, 4) is 0 Å². The zero-order valence-electron chi connectivity index (χ0n) is 11.1. The predicted molar refractivity (Wildman–Crippen MR) is 72.8 cm³/mol. The maximum absolute atomic E-state index is 11.8. The fraction of sp³-hybridized carbons (Fsp3) is 0.667. The first kappa shape index (κ1) is 15.0. The summed E-state index contributed by atoms with van der Waals surface area (Å²) in [6, 6.07) is -0.00714. The second-order valence-electron chi connectivity index (χ2n) is 4.64. The molecule has 102 valence electrons. The van der Waals surface area contributed by atoms with E-state index in [1.807, 2.05) is 25.6 Å². The molecule has 2 N–H and O–H groups in total. The van der Waals surface area contributed by atoms with Gasteiger partial charge in [0.15, 0.2) is 0 Å². The van der Waals surface area contributed by atoms with E-state index in [9.17, 15) is 4.79 Å². The Balaban J connectivity index is 0.00000162. The fourth-order valence-corrected chi connectivity index (χ4v) is 2.28. The van der Waals surface area contributed by atoms with E-state index >= 15 is 0 Å². The highest BCUT2D eigenvalue weighted by atomic mass is 35.5. The molecule has 1 aliphatic rings. The topological polar surface area (TPSA) is 59.0 Å². The Morgan fingerprint density at radius 2 is 2.28 bits per heavy atom. The van der Waals surface area contributed by atoms with Gasteiger partial charge in [0.2, 0.25) is 5.91 Å². The Kier molecular flexibility index (Phi) is 5.16. The number of halogens is 1. The Labute approximate surface area is 114 Å². The zero-order valence-corrected chi connectivity index (χ0v) is 11.9. The highest BCUT2D eigenvalue weighted by Crippen LogP contribution is 2.12. The van der Waals surface area contributed by atoms with Crippen LogP contribution in [0.4, 0.5) is 0 Å². The van der Waals surface area contributed by atoms with Gasteiger partial charge in [-0.25, -0.2) is 0 Å². The second kappa shape index (κ2) is 6.20. The summed E-state index contributed by atoms with van der Waals surface area (Å²) >= 11 is 0. The number of hydrogen-bond donors (Lipinski definition) is 2. The van der Waals surface area contributed by atoms with E-state index in [0.29, 0.717) is 6.54 Å². The van der Waals surface area contributed by atoms with Crippen LogP contribution in [-0.4, -0.2) is 28.3 Å². The number of nitrogens with one attached hydrogen (secondary N) is 2. The molecular weight excluding hydrogens is 252 g/mol. The van der Waals surface area contributed by atoms with Crippen LogP contribution in [0.3, 0.4) is 0 Å². The minimum absolute atomic E-state index is 0. The second-order valence-corrected chi connectivity index (χ2v) is 4.64. The normalized spacial score (nSPS) is 18.5. The van der Waals surface area contributed by atoms with Gasteiger partial charge in [-0.2, -0.15) is 5.10 Å². The van der Waals surface area contributed by atoms with E-state index in [1.54, 1.807) is 0 Å². The molecule has 0 unspecified atom stereocenters. The van der Waals surface area contributed by atoms with Crippen molar-refractivity contribution in [3.63, 3.8) is 0 Å². The largest absolute Gasteiger partial charge is 0.351 e. The van der Waals surface area contributed by atoms with Crippen molar-refractivity contribution >= 4 is 18.3 Å². The van der Waals surface area contributed by atoms with Crippen LogP contribution in [0.25, 0.3) is 0 Å². The first-order valence-electron chi connectivity index (χ1n) is 6.09. The summed E-state index contributed by atoms with van der Waals surface area (Å²) in [4.78, 5) is 11.8. The summed E-state index contributed by atoms with van der Waals surface area (Å²) < 4.78 is 1.85. The van der Waals surface area contributed by atoms with Crippen molar-refractivity contribution in [2.45, 2.75) is 39.3 Å². The van der Waals surface area contributed by atoms with Crippen molar-refractivity contribution in [1.29, 1.82) is 0 Å². The summed E-state index contributed by atoms with van der Waals surface area (Å²) in [7, 11) is 1.92. The molecule has 1 saturated heterocycles. The molecule has 1 aromatic heterocycles. The number of rotatable bonds is 3. The zero-order chi connectivity index (χ0) is 12.4. The molecule has 0 aliphatic carbocycles. The number of hydrogen-bond acceptors (Lipinski definition) is 3. The van der Waals surface area contributed by atoms with Gasteiger partial charge in [-0.3, -0.25) is 9.48 Å². The van der Waals surface area contributed by atoms with Crippen LogP contribution in [0.15, 0.2) is 0 Å². The lowest BCUT2D eigenvalue weighted by molar-refractivity contribution is -0.122. The van der Waals surface area contributed by atoms with E-state index in [-0.39, 0.29) is 24.4 Å². The summed E-state index contributed by atoms with van der Waals surface area (Å²) in [6.07, 6.45) is 2.03.